The SMILES string of the molecule is C#Cc1cncc(C2=CC[C@@H]3CNC[C@H]23)c1. The summed E-state index contributed by atoms with van der Waals surface area (Å²) in [5.41, 5.74) is 3.50. The highest BCUT2D eigenvalue weighted by atomic mass is 14.9. The molecule has 3 rings (SSSR count). The Morgan fingerprint density at radius 2 is 2.31 bits per heavy atom. The van der Waals surface area contributed by atoms with E-state index in [0.29, 0.717) is 5.92 Å². The van der Waals surface area contributed by atoms with Crippen LogP contribution in [0, 0.1) is 24.2 Å². The average Bonchev–Trinajstić information content (AvgIpc) is 2.90. The summed E-state index contributed by atoms with van der Waals surface area (Å²) < 4.78 is 0. The number of allylic oxidation sites excluding steroid dienone is 1. The number of aromatic nitrogens is 1. The number of terminal acetylenes is 1. The second kappa shape index (κ2) is 3.77. The molecule has 0 radical (unpaired) electrons. The Morgan fingerprint density at radius 3 is 3.19 bits per heavy atom. The lowest BCUT2D eigenvalue weighted by molar-refractivity contribution is 0.542. The molecule has 1 fully saturated rings. The minimum atomic E-state index is 0.662. The molecule has 2 heteroatoms. The maximum Gasteiger partial charge on any atom is 0.0432 e. The Labute approximate surface area is 95.8 Å². The molecule has 0 spiro atoms. The number of hydrogen-bond donors (Lipinski definition) is 1. The molecule has 0 unspecified atom stereocenters. The first-order valence-corrected chi connectivity index (χ1v) is 5.71. The number of nitrogens with zero attached hydrogens (tertiary/aromatic N) is 1. The van der Waals surface area contributed by atoms with Crippen LogP contribution in [0.4, 0.5) is 0 Å². The van der Waals surface area contributed by atoms with Crippen molar-refractivity contribution < 1.29 is 0 Å². The van der Waals surface area contributed by atoms with Gasteiger partial charge in [0.1, 0.15) is 0 Å². The molecule has 1 saturated heterocycles. The summed E-state index contributed by atoms with van der Waals surface area (Å²) in [4.78, 5) is 4.21. The smallest absolute Gasteiger partial charge is 0.0432 e. The first kappa shape index (κ1) is 9.62. The number of fused-ring (bicyclic) bond motifs is 1. The molecule has 1 aliphatic carbocycles. The van der Waals surface area contributed by atoms with Gasteiger partial charge in [0.2, 0.25) is 0 Å². The van der Waals surface area contributed by atoms with Crippen molar-refractivity contribution in [1.82, 2.24) is 10.3 Å². The van der Waals surface area contributed by atoms with Gasteiger partial charge in [0, 0.05) is 30.4 Å². The number of hydrogen-bond acceptors (Lipinski definition) is 2. The van der Waals surface area contributed by atoms with Gasteiger partial charge in [-0.3, -0.25) is 4.98 Å². The summed E-state index contributed by atoms with van der Waals surface area (Å²) in [6.07, 6.45) is 12.6. The molecule has 1 aromatic heterocycles. The number of pyridine rings is 1. The van der Waals surface area contributed by atoms with Crippen molar-refractivity contribution in [1.29, 1.82) is 0 Å². The highest BCUT2D eigenvalue weighted by molar-refractivity contribution is 5.70. The van der Waals surface area contributed by atoms with E-state index in [1.54, 1.807) is 6.20 Å². The molecular weight excluding hydrogens is 196 g/mol. The largest absolute Gasteiger partial charge is 0.316 e. The van der Waals surface area contributed by atoms with E-state index in [9.17, 15) is 0 Å². The van der Waals surface area contributed by atoms with Crippen LogP contribution < -0.4 is 5.32 Å². The Hall–Kier alpha value is -1.59. The summed E-state index contributed by atoms with van der Waals surface area (Å²) >= 11 is 0. The van der Waals surface area contributed by atoms with Gasteiger partial charge >= 0.3 is 0 Å². The zero-order valence-corrected chi connectivity index (χ0v) is 9.11. The molecule has 1 aliphatic heterocycles. The average molecular weight is 210 g/mol. The van der Waals surface area contributed by atoms with Crippen LogP contribution in [-0.4, -0.2) is 18.1 Å². The van der Waals surface area contributed by atoms with E-state index in [2.05, 4.69) is 28.4 Å². The van der Waals surface area contributed by atoms with Crippen molar-refractivity contribution in [2.75, 3.05) is 13.1 Å². The van der Waals surface area contributed by atoms with Crippen molar-refractivity contribution in [2.45, 2.75) is 6.42 Å². The van der Waals surface area contributed by atoms with Gasteiger partial charge < -0.3 is 5.32 Å². The van der Waals surface area contributed by atoms with Gasteiger partial charge in [-0.1, -0.05) is 12.0 Å². The zero-order valence-electron chi connectivity index (χ0n) is 9.11. The Kier molecular flexibility index (Phi) is 2.27. The lowest BCUT2D eigenvalue weighted by Gasteiger charge is -2.13. The van der Waals surface area contributed by atoms with Crippen LogP contribution in [0.15, 0.2) is 24.5 Å². The monoisotopic (exact) mass is 210 g/mol. The van der Waals surface area contributed by atoms with Crippen LogP contribution in [0.2, 0.25) is 0 Å². The van der Waals surface area contributed by atoms with E-state index in [1.165, 1.54) is 17.6 Å². The summed E-state index contributed by atoms with van der Waals surface area (Å²) in [6, 6.07) is 2.07. The third-order valence-electron chi connectivity index (χ3n) is 3.62. The lowest BCUT2D eigenvalue weighted by Crippen LogP contribution is -2.10. The Morgan fingerprint density at radius 1 is 1.38 bits per heavy atom. The minimum Gasteiger partial charge on any atom is -0.316 e. The predicted octanol–water partition coefficient (Wildman–Crippen LogP) is 1.69. The zero-order chi connectivity index (χ0) is 11.0. The van der Waals surface area contributed by atoms with Crippen molar-refractivity contribution in [2.24, 2.45) is 11.8 Å². The van der Waals surface area contributed by atoms with E-state index in [1.807, 2.05) is 6.20 Å². The van der Waals surface area contributed by atoms with Crippen molar-refractivity contribution in [3.63, 3.8) is 0 Å². The van der Waals surface area contributed by atoms with Gasteiger partial charge in [0.15, 0.2) is 0 Å². The quantitative estimate of drug-likeness (QED) is 0.713. The van der Waals surface area contributed by atoms with E-state index in [-0.39, 0.29) is 0 Å². The highest BCUT2D eigenvalue weighted by Crippen LogP contribution is 2.39. The summed E-state index contributed by atoms with van der Waals surface area (Å²) in [5, 5.41) is 3.45. The minimum absolute atomic E-state index is 0.662. The van der Waals surface area contributed by atoms with Gasteiger partial charge in [0.05, 0.1) is 0 Å². The molecular formula is C14H14N2. The van der Waals surface area contributed by atoms with E-state index in [4.69, 9.17) is 6.42 Å². The third kappa shape index (κ3) is 1.45. The Balaban J connectivity index is 1.95. The molecule has 2 aliphatic rings. The van der Waals surface area contributed by atoms with Crippen molar-refractivity contribution >= 4 is 5.57 Å². The summed E-state index contributed by atoms with van der Waals surface area (Å²) in [6.45, 7) is 2.24. The molecule has 80 valence electrons. The van der Waals surface area contributed by atoms with Crippen LogP contribution in [0.1, 0.15) is 17.5 Å². The second-order valence-electron chi connectivity index (χ2n) is 4.53. The molecule has 2 atom stereocenters. The molecule has 1 N–H and O–H groups in total. The van der Waals surface area contributed by atoms with Crippen molar-refractivity contribution in [3.8, 4) is 12.3 Å². The predicted molar refractivity (Wildman–Crippen MR) is 64.6 cm³/mol. The molecule has 0 saturated carbocycles. The lowest BCUT2D eigenvalue weighted by atomic mass is 9.91. The fourth-order valence-electron chi connectivity index (χ4n) is 2.78. The molecule has 1 aromatic rings. The molecule has 0 bridgehead atoms. The molecule has 2 heterocycles. The topological polar surface area (TPSA) is 24.9 Å². The third-order valence-corrected chi connectivity index (χ3v) is 3.62. The molecule has 2 nitrogen and oxygen atoms in total. The molecule has 16 heavy (non-hydrogen) atoms. The fraction of sp³-hybridized carbons (Fsp3) is 0.357. The maximum absolute atomic E-state index is 5.40. The van der Waals surface area contributed by atoms with Gasteiger partial charge in [-0.15, -0.1) is 6.42 Å². The number of nitrogens with one attached hydrogen (secondary N) is 1. The maximum atomic E-state index is 5.40. The van der Waals surface area contributed by atoms with Crippen molar-refractivity contribution in [3.05, 3.63) is 35.7 Å². The van der Waals surface area contributed by atoms with Gasteiger partial charge in [0.25, 0.3) is 0 Å². The van der Waals surface area contributed by atoms with E-state index in [0.717, 1.165) is 24.6 Å². The van der Waals surface area contributed by atoms with Gasteiger partial charge in [-0.2, -0.15) is 0 Å². The highest BCUT2D eigenvalue weighted by Gasteiger charge is 2.34. The number of rotatable bonds is 1. The van der Waals surface area contributed by atoms with Crippen LogP contribution in [-0.2, 0) is 0 Å². The van der Waals surface area contributed by atoms with E-state index >= 15 is 0 Å². The van der Waals surface area contributed by atoms with Gasteiger partial charge in [-0.25, -0.2) is 0 Å². The molecule has 0 amide bonds. The van der Waals surface area contributed by atoms with Crippen LogP contribution >= 0.6 is 0 Å². The van der Waals surface area contributed by atoms with E-state index < -0.39 is 0 Å². The van der Waals surface area contributed by atoms with Crippen LogP contribution in [0.5, 0.6) is 0 Å². The molecule has 0 aromatic carbocycles. The summed E-state index contributed by atoms with van der Waals surface area (Å²) in [7, 11) is 0. The van der Waals surface area contributed by atoms with Crippen LogP contribution in [0.3, 0.4) is 0 Å². The van der Waals surface area contributed by atoms with Gasteiger partial charge in [-0.05, 0) is 36.1 Å². The van der Waals surface area contributed by atoms with Crippen LogP contribution in [0.25, 0.3) is 5.57 Å². The normalized spacial score (nSPS) is 27.3. The Bertz CT molecular complexity index is 482. The first-order chi connectivity index (χ1) is 7.88. The first-order valence-electron chi connectivity index (χ1n) is 5.71. The standard InChI is InChI=1S/C14H14N2/c1-2-10-5-12(8-15-6-10)13-4-3-11-7-16-9-14(11)13/h1,4-6,8,11,14,16H,3,7,9H2/t11-,14+/m1/s1. The fourth-order valence-corrected chi connectivity index (χ4v) is 2.78. The summed E-state index contributed by atoms with van der Waals surface area (Å²) in [5.74, 6) is 4.09. The second-order valence-corrected chi connectivity index (χ2v) is 4.53.